The molecule has 2 amide bonds. The van der Waals surface area contributed by atoms with Gasteiger partial charge < -0.3 is 15.4 Å². The number of hydrogen-bond donors (Lipinski definition) is 2. The number of fused-ring (bicyclic) bond motifs is 1. The lowest BCUT2D eigenvalue weighted by molar-refractivity contribution is -0.123. The van der Waals surface area contributed by atoms with Crippen LogP contribution < -0.4 is 10.6 Å². The molecule has 0 atom stereocenters. The molecule has 6 nitrogen and oxygen atoms in total. The van der Waals surface area contributed by atoms with Crippen LogP contribution >= 0.6 is 11.3 Å². The molecule has 0 unspecified atom stereocenters. The molecular weight excluding hydrogens is 400 g/mol. The third-order valence-corrected chi connectivity index (χ3v) is 5.55. The third-order valence-electron chi connectivity index (χ3n) is 4.42. The van der Waals surface area contributed by atoms with Crippen LogP contribution in [0.2, 0.25) is 0 Å². The van der Waals surface area contributed by atoms with E-state index in [4.69, 9.17) is 4.74 Å². The fourth-order valence-corrected chi connectivity index (χ4v) is 3.72. The minimum atomic E-state index is -0.596. The average Bonchev–Trinajstić information content (AvgIpc) is 3.06. The van der Waals surface area contributed by atoms with Crippen molar-refractivity contribution in [2.75, 3.05) is 17.2 Å². The van der Waals surface area contributed by atoms with Crippen molar-refractivity contribution in [3.63, 3.8) is 0 Å². The molecule has 0 saturated carbocycles. The van der Waals surface area contributed by atoms with Crippen molar-refractivity contribution >= 4 is 50.6 Å². The van der Waals surface area contributed by atoms with Crippen LogP contribution in [0.3, 0.4) is 0 Å². The van der Waals surface area contributed by atoms with E-state index >= 15 is 0 Å². The highest BCUT2D eigenvalue weighted by Gasteiger charge is 2.23. The number of amides is 2. The number of rotatable bonds is 5. The van der Waals surface area contributed by atoms with Crippen LogP contribution in [0.5, 0.6) is 0 Å². The first-order valence-corrected chi connectivity index (χ1v) is 10.3. The van der Waals surface area contributed by atoms with Crippen LogP contribution in [-0.4, -0.2) is 24.4 Å². The average molecular weight is 425 g/mol. The number of thiophene rings is 1. The van der Waals surface area contributed by atoms with Gasteiger partial charge in [-0.05, 0) is 30.0 Å². The molecule has 156 valence electrons. The number of nitrogens with one attached hydrogen (secondary N) is 2. The van der Waals surface area contributed by atoms with Crippen LogP contribution in [0.25, 0.3) is 10.8 Å². The van der Waals surface area contributed by atoms with Gasteiger partial charge in [0.2, 0.25) is 5.91 Å². The standard InChI is InChI=1S/C23H24N2O4S/c1-14-12-19(25-22(28)23(2,3)4)30-20(14)21(27)29-13-18(26)24-17-11-7-9-15-8-5-6-10-16(15)17/h5-12H,13H2,1-4H3,(H,24,26)(H,25,28). The first-order valence-electron chi connectivity index (χ1n) is 9.52. The molecule has 3 aromatic rings. The van der Waals surface area contributed by atoms with E-state index in [9.17, 15) is 14.4 Å². The molecule has 0 aliphatic rings. The summed E-state index contributed by atoms with van der Waals surface area (Å²) in [4.78, 5) is 37.2. The van der Waals surface area contributed by atoms with Crippen LogP contribution in [0.15, 0.2) is 48.5 Å². The van der Waals surface area contributed by atoms with Gasteiger partial charge in [0.1, 0.15) is 4.88 Å². The minimum absolute atomic E-state index is 0.141. The zero-order valence-corrected chi connectivity index (χ0v) is 18.2. The Morgan fingerprint density at radius 1 is 1.00 bits per heavy atom. The van der Waals surface area contributed by atoms with E-state index < -0.39 is 23.9 Å². The number of esters is 1. The molecule has 3 rings (SSSR count). The highest BCUT2D eigenvalue weighted by atomic mass is 32.1. The van der Waals surface area contributed by atoms with E-state index in [0.717, 1.165) is 22.1 Å². The Hall–Kier alpha value is -3.19. The van der Waals surface area contributed by atoms with Crippen molar-refractivity contribution in [1.29, 1.82) is 0 Å². The van der Waals surface area contributed by atoms with Crippen molar-refractivity contribution in [3.05, 3.63) is 59.0 Å². The Morgan fingerprint density at radius 2 is 1.70 bits per heavy atom. The maximum Gasteiger partial charge on any atom is 0.349 e. The van der Waals surface area contributed by atoms with Gasteiger partial charge in [-0.1, -0.05) is 57.2 Å². The molecule has 0 saturated heterocycles. The van der Waals surface area contributed by atoms with Crippen molar-refractivity contribution in [2.45, 2.75) is 27.7 Å². The highest BCUT2D eigenvalue weighted by molar-refractivity contribution is 7.18. The molecule has 2 N–H and O–H groups in total. The maximum atomic E-state index is 12.4. The zero-order valence-electron chi connectivity index (χ0n) is 17.4. The Morgan fingerprint density at radius 3 is 2.43 bits per heavy atom. The fourth-order valence-electron chi connectivity index (χ4n) is 2.76. The predicted octanol–water partition coefficient (Wildman–Crippen LogP) is 4.99. The molecule has 7 heteroatoms. The quantitative estimate of drug-likeness (QED) is 0.565. The smallest absolute Gasteiger partial charge is 0.349 e. The van der Waals surface area contributed by atoms with Crippen molar-refractivity contribution in [3.8, 4) is 0 Å². The summed E-state index contributed by atoms with van der Waals surface area (Å²) in [5.41, 5.74) is 0.801. The molecule has 0 bridgehead atoms. The molecule has 0 fully saturated rings. The van der Waals surface area contributed by atoms with Gasteiger partial charge in [0.15, 0.2) is 6.61 Å². The maximum absolute atomic E-state index is 12.4. The Labute approximate surface area is 179 Å². The molecular formula is C23H24N2O4S. The Balaban J connectivity index is 1.61. The van der Waals surface area contributed by atoms with Crippen LogP contribution in [0, 0.1) is 12.3 Å². The van der Waals surface area contributed by atoms with Crippen molar-refractivity contribution in [2.24, 2.45) is 5.41 Å². The van der Waals surface area contributed by atoms with Gasteiger partial charge in [0.05, 0.1) is 5.00 Å². The van der Waals surface area contributed by atoms with E-state index in [1.165, 1.54) is 0 Å². The Bertz CT molecular complexity index is 1110. The van der Waals surface area contributed by atoms with E-state index in [2.05, 4.69) is 10.6 Å². The van der Waals surface area contributed by atoms with E-state index in [1.807, 2.05) is 57.2 Å². The van der Waals surface area contributed by atoms with Gasteiger partial charge in [0, 0.05) is 16.5 Å². The third kappa shape index (κ3) is 5.04. The highest BCUT2D eigenvalue weighted by Crippen LogP contribution is 2.29. The normalized spacial score (nSPS) is 11.2. The van der Waals surface area contributed by atoms with Gasteiger partial charge in [-0.15, -0.1) is 11.3 Å². The monoisotopic (exact) mass is 424 g/mol. The number of anilines is 2. The first kappa shape index (κ1) is 21.5. The van der Waals surface area contributed by atoms with Crippen molar-refractivity contribution < 1.29 is 19.1 Å². The summed E-state index contributed by atoms with van der Waals surface area (Å²) in [5.74, 6) is -1.16. The second-order valence-corrected chi connectivity index (χ2v) is 9.03. The summed E-state index contributed by atoms with van der Waals surface area (Å²) in [6, 6.07) is 15.0. The lowest BCUT2D eigenvalue weighted by atomic mass is 9.96. The SMILES string of the molecule is Cc1cc(NC(=O)C(C)(C)C)sc1C(=O)OCC(=O)Nc1cccc2ccccc12. The van der Waals surface area contributed by atoms with E-state index in [-0.39, 0.29) is 5.91 Å². The number of ether oxygens (including phenoxy) is 1. The summed E-state index contributed by atoms with van der Waals surface area (Å²) < 4.78 is 5.19. The zero-order chi connectivity index (χ0) is 21.9. The van der Waals surface area contributed by atoms with Gasteiger partial charge in [-0.2, -0.15) is 0 Å². The molecule has 0 spiro atoms. The second kappa shape index (κ2) is 8.67. The summed E-state index contributed by atoms with van der Waals surface area (Å²) in [6.07, 6.45) is 0. The number of aryl methyl sites for hydroxylation is 1. The summed E-state index contributed by atoms with van der Waals surface area (Å²) in [7, 11) is 0. The largest absolute Gasteiger partial charge is 0.451 e. The second-order valence-electron chi connectivity index (χ2n) is 7.98. The van der Waals surface area contributed by atoms with Crippen LogP contribution in [0.1, 0.15) is 36.0 Å². The van der Waals surface area contributed by atoms with Crippen LogP contribution in [0.4, 0.5) is 10.7 Å². The molecule has 30 heavy (non-hydrogen) atoms. The molecule has 0 aliphatic carbocycles. The van der Waals surface area contributed by atoms with Gasteiger partial charge in [-0.25, -0.2) is 4.79 Å². The first-order chi connectivity index (χ1) is 14.1. The lowest BCUT2D eigenvalue weighted by Crippen LogP contribution is -2.27. The van der Waals surface area contributed by atoms with E-state index in [0.29, 0.717) is 21.1 Å². The molecule has 2 aromatic carbocycles. The summed E-state index contributed by atoms with van der Waals surface area (Å²) in [6.45, 7) is 6.80. The number of hydrogen-bond acceptors (Lipinski definition) is 5. The topological polar surface area (TPSA) is 84.5 Å². The van der Waals surface area contributed by atoms with E-state index in [1.54, 1.807) is 19.1 Å². The molecule has 0 radical (unpaired) electrons. The number of carbonyl (C=O) groups is 3. The summed E-state index contributed by atoms with van der Waals surface area (Å²) in [5, 5.41) is 8.07. The minimum Gasteiger partial charge on any atom is -0.451 e. The number of benzene rings is 2. The molecule has 1 heterocycles. The number of carbonyl (C=O) groups excluding carboxylic acids is 3. The lowest BCUT2D eigenvalue weighted by Gasteiger charge is -2.16. The van der Waals surface area contributed by atoms with Gasteiger partial charge in [0.25, 0.3) is 5.91 Å². The van der Waals surface area contributed by atoms with Crippen molar-refractivity contribution in [1.82, 2.24) is 0 Å². The fraction of sp³-hybridized carbons (Fsp3) is 0.261. The van der Waals surface area contributed by atoms with Gasteiger partial charge in [-0.3, -0.25) is 9.59 Å². The summed E-state index contributed by atoms with van der Waals surface area (Å²) >= 11 is 1.13. The van der Waals surface area contributed by atoms with Crippen LogP contribution in [-0.2, 0) is 14.3 Å². The Kier molecular flexibility index (Phi) is 6.22. The predicted molar refractivity (Wildman–Crippen MR) is 120 cm³/mol. The molecule has 0 aliphatic heterocycles. The van der Waals surface area contributed by atoms with Gasteiger partial charge >= 0.3 is 5.97 Å². The molecule has 1 aromatic heterocycles.